The van der Waals surface area contributed by atoms with Gasteiger partial charge in [0, 0.05) is 18.2 Å². The topological polar surface area (TPSA) is 158 Å². The molecule has 0 radical (unpaired) electrons. The molecule has 12 nitrogen and oxygen atoms in total. The third-order valence-corrected chi connectivity index (χ3v) is 5.64. The van der Waals surface area contributed by atoms with Crippen LogP contribution in [0.4, 0.5) is 10.5 Å². The van der Waals surface area contributed by atoms with E-state index >= 15 is 0 Å². The first-order valence-corrected chi connectivity index (χ1v) is 14.2. The Bertz CT molecular complexity index is 1280. The highest BCUT2D eigenvalue weighted by molar-refractivity contribution is 5.99. The maximum Gasteiger partial charge on any atom is 0.408 e. The van der Waals surface area contributed by atoms with Gasteiger partial charge >= 0.3 is 18.0 Å². The number of benzene rings is 2. The zero-order valence-corrected chi connectivity index (χ0v) is 26.4. The molecule has 3 amide bonds. The number of rotatable bonds is 13. The molecule has 0 aromatic heterocycles. The molecule has 0 fully saturated rings. The fourth-order valence-electron chi connectivity index (χ4n) is 3.79. The van der Waals surface area contributed by atoms with E-state index in [9.17, 15) is 24.0 Å². The van der Waals surface area contributed by atoms with E-state index in [4.69, 9.17) is 18.9 Å². The molecule has 0 saturated heterocycles. The van der Waals surface area contributed by atoms with Gasteiger partial charge in [-0.3, -0.25) is 19.2 Å². The molecule has 0 aliphatic rings. The number of anilines is 1. The van der Waals surface area contributed by atoms with Crippen molar-refractivity contribution in [2.75, 3.05) is 12.4 Å². The van der Waals surface area contributed by atoms with Crippen molar-refractivity contribution in [3.8, 4) is 5.75 Å². The predicted molar refractivity (Wildman–Crippen MR) is 163 cm³/mol. The van der Waals surface area contributed by atoms with Crippen LogP contribution in [0.2, 0.25) is 0 Å². The molecular formula is C32H43N3O9. The Balaban J connectivity index is 2.24. The number of carbonyl (C=O) groups is 5. The Hall–Kier alpha value is -4.61. The van der Waals surface area contributed by atoms with Gasteiger partial charge in [-0.15, -0.1) is 0 Å². The second kappa shape index (κ2) is 16.3. The van der Waals surface area contributed by atoms with Gasteiger partial charge in [0.2, 0.25) is 11.8 Å². The first kappa shape index (κ1) is 35.6. The number of ether oxygens (including phenoxy) is 4. The molecule has 0 bridgehead atoms. The van der Waals surface area contributed by atoms with Gasteiger partial charge in [0.25, 0.3) is 0 Å². The van der Waals surface area contributed by atoms with Crippen LogP contribution in [0.25, 0.3) is 0 Å². The van der Waals surface area contributed by atoms with Gasteiger partial charge in [-0.1, -0.05) is 36.4 Å². The highest BCUT2D eigenvalue weighted by Crippen LogP contribution is 2.18. The molecule has 0 heterocycles. The zero-order valence-electron chi connectivity index (χ0n) is 26.4. The molecule has 240 valence electrons. The lowest BCUT2D eigenvalue weighted by molar-refractivity contribution is -0.156. The number of methoxy groups -OCH3 is 1. The number of carbonyl (C=O) groups excluding carboxylic acids is 5. The number of alkyl carbamates (subject to hydrolysis) is 1. The summed E-state index contributed by atoms with van der Waals surface area (Å²) < 4.78 is 21.1. The van der Waals surface area contributed by atoms with E-state index < -0.39 is 59.6 Å². The average Bonchev–Trinajstić information content (AvgIpc) is 2.92. The van der Waals surface area contributed by atoms with E-state index in [1.807, 2.05) is 6.07 Å². The van der Waals surface area contributed by atoms with Crippen molar-refractivity contribution in [3.05, 3.63) is 60.2 Å². The molecular weight excluding hydrogens is 570 g/mol. The molecule has 0 saturated carbocycles. The molecule has 2 aromatic rings. The highest BCUT2D eigenvalue weighted by atomic mass is 16.6. The van der Waals surface area contributed by atoms with E-state index in [-0.39, 0.29) is 19.4 Å². The van der Waals surface area contributed by atoms with E-state index in [0.717, 1.165) is 0 Å². The van der Waals surface area contributed by atoms with Gasteiger partial charge in [0.1, 0.15) is 35.6 Å². The van der Waals surface area contributed by atoms with Crippen molar-refractivity contribution in [2.24, 2.45) is 0 Å². The second-order valence-corrected chi connectivity index (χ2v) is 12.0. The summed E-state index contributed by atoms with van der Waals surface area (Å²) in [5.74, 6) is -2.33. The van der Waals surface area contributed by atoms with Crippen LogP contribution in [0, 0.1) is 0 Å². The van der Waals surface area contributed by atoms with Gasteiger partial charge in [-0.05, 0) is 65.7 Å². The number of esters is 2. The smallest absolute Gasteiger partial charge is 0.408 e. The Morgan fingerprint density at radius 3 is 2.00 bits per heavy atom. The Labute approximate surface area is 258 Å². The first-order chi connectivity index (χ1) is 20.5. The first-order valence-electron chi connectivity index (χ1n) is 14.2. The summed E-state index contributed by atoms with van der Waals surface area (Å²) in [6, 6.07) is 12.8. The van der Waals surface area contributed by atoms with Crippen LogP contribution in [-0.4, -0.2) is 60.2 Å². The number of hydrogen-bond acceptors (Lipinski definition) is 9. The molecule has 44 heavy (non-hydrogen) atoms. The molecule has 2 rings (SSSR count). The van der Waals surface area contributed by atoms with Crippen LogP contribution in [0.5, 0.6) is 5.75 Å². The van der Waals surface area contributed by atoms with E-state index in [1.165, 1.54) is 7.11 Å². The summed E-state index contributed by atoms with van der Waals surface area (Å²) in [6.07, 6.45) is -1.83. The third-order valence-electron chi connectivity index (χ3n) is 5.64. The summed E-state index contributed by atoms with van der Waals surface area (Å²) in [4.78, 5) is 64.6. The van der Waals surface area contributed by atoms with Crippen molar-refractivity contribution < 1.29 is 42.9 Å². The Morgan fingerprint density at radius 1 is 0.750 bits per heavy atom. The van der Waals surface area contributed by atoms with Crippen molar-refractivity contribution in [1.82, 2.24) is 10.6 Å². The van der Waals surface area contributed by atoms with Crippen molar-refractivity contribution in [1.29, 1.82) is 0 Å². The Morgan fingerprint density at radius 2 is 1.39 bits per heavy atom. The fraction of sp³-hybridized carbons (Fsp3) is 0.469. The van der Waals surface area contributed by atoms with Gasteiger partial charge in [-0.25, -0.2) is 4.79 Å². The molecule has 2 atom stereocenters. The maximum absolute atomic E-state index is 13.5. The predicted octanol–water partition coefficient (Wildman–Crippen LogP) is 4.27. The van der Waals surface area contributed by atoms with E-state index in [1.54, 1.807) is 90.1 Å². The van der Waals surface area contributed by atoms with Gasteiger partial charge < -0.3 is 34.9 Å². The molecule has 3 N–H and O–H groups in total. The largest absolute Gasteiger partial charge is 0.497 e. The number of hydrogen-bond donors (Lipinski definition) is 3. The van der Waals surface area contributed by atoms with Crippen LogP contribution < -0.4 is 20.7 Å². The summed E-state index contributed by atoms with van der Waals surface area (Å²) in [6.45, 7) is 10.1. The summed E-state index contributed by atoms with van der Waals surface area (Å²) in [5.41, 5.74) is -0.495. The molecule has 12 heteroatoms. The summed E-state index contributed by atoms with van der Waals surface area (Å²) >= 11 is 0. The standard InChI is InChI=1S/C32H43N3O9/c1-31(2,3)43-26(36)17-16-24(28(38)33-22-14-11-15-23(18-22)41-7)34-29(39)25(19-27(37)44-32(4,5)6)35-30(40)42-20-21-12-9-8-10-13-21/h8-15,18,24-25H,16-17,19-20H2,1-7H3,(H,33,38)(H,34,39)(H,35,40)/t24-,25+/m0/s1. The Kier molecular flexibility index (Phi) is 13.2. The number of amides is 3. The molecule has 0 unspecified atom stereocenters. The van der Waals surface area contributed by atoms with Gasteiger partial charge in [0.15, 0.2) is 0 Å². The van der Waals surface area contributed by atoms with Crippen LogP contribution in [-0.2, 0) is 40.0 Å². The van der Waals surface area contributed by atoms with Crippen molar-refractivity contribution in [2.45, 2.75) is 90.7 Å². The monoisotopic (exact) mass is 613 g/mol. The minimum atomic E-state index is -1.46. The normalized spacial score (nSPS) is 12.6. The lowest BCUT2D eigenvalue weighted by Gasteiger charge is -2.25. The van der Waals surface area contributed by atoms with Crippen molar-refractivity contribution >= 4 is 35.5 Å². The van der Waals surface area contributed by atoms with Crippen molar-refractivity contribution in [3.63, 3.8) is 0 Å². The minimum Gasteiger partial charge on any atom is -0.497 e. The molecule has 0 aliphatic carbocycles. The van der Waals surface area contributed by atoms with Crippen LogP contribution in [0.3, 0.4) is 0 Å². The summed E-state index contributed by atoms with van der Waals surface area (Å²) in [7, 11) is 1.48. The van der Waals surface area contributed by atoms with E-state index in [0.29, 0.717) is 17.0 Å². The fourth-order valence-corrected chi connectivity index (χ4v) is 3.79. The lowest BCUT2D eigenvalue weighted by atomic mass is 10.1. The minimum absolute atomic E-state index is 0.0745. The molecule has 0 spiro atoms. The van der Waals surface area contributed by atoms with Crippen LogP contribution >= 0.6 is 0 Å². The molecule has 0 aliphatic heterocycles. The quantitative estimate of drug-likeness (QED) is 0.222. The zero-order chi connectivity index (χ0) is 32.9. The van der Waals surface area contributed by atoms with Gasteiger partial charge in [0.05, 0.1) is 13.5 Å². The van der Waals surface area contributed by atoms with Gasteiger partial charge in [-0.2, -0.15) is 0 Å². The van der Waals surface area contributed by atoms with E-state index in [2.05, 4.69) is 16.0 Å². The number of nitrogens with one attached hydrogen (secondary N) is 3. The lowest BCUT2D eigenvalue weighted by Crippen LogP contribution is -2.53. The van der Waals surface area contributed by atoms with Crippen LogP contribution in [0.1, 0.15) is 66.4 Å². The maximum atomic E-state index is 13.5. The highest BCUT2D eigenvalue weighted by Gasteiger charge is 2.31. The molecule has 2 aromatic carbocycles. The second-order valence-electron chi connectivity index (χ2n) is 12.0. The van der Waals surface area contributed by atoms with Crippen LogP contribution in [0.15, 0.2) is 54.6 Å². The summed E-state index contributed by atoms with van der Waals surface area (Å²) in [5, 5.41) is 7.65. The SMILES string of the molecule is COc1cccc(NC(=O)[C@H](CCC(=O)OC(C)(C)C)NC(=O)[C@@H](CC(=O)OC(C)(C)C)NC(=O)OCc2ccccc2)c1. The average molecular weight is 614 g/mol. The third kappa shape index (κ3) is 14.0.